The molecular formula is C16H29N3O2. The molecule has 3 atom stereocenters. The summed E-state index contributed by atoms with van der Waals surface area (Å²) in [5, 5.41) is 0. The summed E-state index contributed by atoms with van der Waals surface area (Å²) < 4.78 is 4.92. The number of rotatable bonds is 2. The molecule has 5 nitrogen and oxygen atoms in total. The number of fused-ring (bicyclic) bond motifs is 1. The molecule has 3 fully saturated rings. The number of piperazine rings is 1. The van der Waals surface area contributed by atoms with E-state index in [9.17, 15) is 4.79 Å². The summed E-state index contributed by atoms with van der Waals surface area (Å²) in [6, 6.07) is 1.17. The van der Waals surface area contributed by atoms with Gasteiger partial charge in [-0.1, -0.05) is 6.42 Å². The Morgan fingerprint density at radius 2 is 1.86 bits per heavy atom. The van der Waals surface area contributed by atoms with Crippen LogP contribution in [-0.2, 0) is 9.53 Å². The largest absolute Gasteiger partial charge is 0.468 e. The highest BCUT2D eigenvalue weighted by Crippen LogP contribution is 2.32. The van der Waals surface area contributed by atoms with Gasteiger partial charge >= 0.3 is 5.97 Å². The number of nitrogens with two attached hydrogens (primary N) is 1. The smallest absolute Gasteiger partial charge is 0.325 e. The summed E-state index contributed by atoms with van der Waals surface area (Å²) in [4.78, 5) is 17.2. The highest BCUT2D eigenvalue weighted by Gasteiger charge is 2.43. The van der Waals surface area contributed by atoms with Crippen LogP contribution in [0.15, 0.2) is 0 Å². The van der Waals surface area contributed by atoms with Crippen LogP contribution in [0.5, 0.6) is 0 Å². The van der Waals surface area contributed by atoms with Gasteiger partial charge in [-0.25, -0.2) is 0 Å². The number of ether oxygens (including phenoxy) is 1. The Balaban J connectivity index is 1.62. The van der Waals surface area contributed by atoms with E-state index in [1.54, 1.807) is 0 Å². The first-order valence-corrected chi connectivity index (χ1v) is 8.48. The van der Waals surface area contributed by atoms with Crippen molar-refractivity contribution >= 4 is 5.97 Å². The minimum Gasteiger partial charge on any atom is -0.468 e. The minimum absolute atomic E-state index is 0.233. The van der Waals surface area contributed by atoms with Gasteiger partial charge < -0.3 is 10.5 Å². The highest BCUT2D eigenvalue weighted by atomic mass is 16.5. The third kappa shape index (κ3) is 3.10. The topological polar surface area (TPSA) is 58.8 Å². The van der Waals surface area contributed by atoms with Crippen molar-refractivity contribution in [3.63, 3.8) is 0 Å². The van der Waals surface area contributed by atoms with E-state index in [0.29, 0.717) is 6.04 Å². The van der Waals surface area contributed by atoms with Gasteiger partial charge in [-0.15, -0.1) is 0 Å². The Morgan fingerprint density at radius 1 is 1.10 bits per heavy atom. The standard InChI is InChI=1S/C16H29N3O2/c1-21-15(20)16(17)7-4-6-13(11-16)19-10-9-18-8-3-2-5-14(18)12-19/h13-14H,2-12,17H2,1H3. The van der Waals surface area contributed by atoms with Crippen molar-refractivity contribution in [2.75, 3.05) is 33.3 Å². The lowest BCUT2D eigenvalue weighted by Crippen LogP contribution is -2.61. The van der Waals surface area contributed by atoms with E-state index in [1.165, 1.54) is 45.9 Å². The maximum atomic E-state index is 12.0. The van der Waals surface area contributed by atoms with E-state index in [2.05, 4.69) is 9.80 Å². The van der Waals surface area contributed by atoms with E-state index >= 15 is 0 Å². The van der Waals surface area contributed by atoms with Crippen molar-refractivity contribution in [3.8, 4) is 0 Å². The molecule has 120 valence electrons. The molecule has 0 spiro atoms. The Hall–Kier alpha value is -0.650. The predicted molar refractivity (Wildman–Crippen MR) is 82.0 cm³/mol. The van der Waals surface area contributed by atoms with Crippen LogP contribution in [0.25, 0.3) is 0 Å². The van der Waals surface area contributed by atoms with Crippen LogP contribution in [0.3, 0.4) is 0 Å². The van der Waals surface area contributed by atoms with Crippen molar-refractivity contribution in [2.24, 2.45) is 5.73 Å². The number of esters is 1. The van der Waals surface area contributed by atoms with Crippen LogP contribution in [0.4, 0.5) is 0 Å². The Kier molecular flexibility index (Phi) is 4.52. The van der Waals surface area contributed by atoms with E-state index < -0.39 is 5.54 Å². The lowest BCUT2D eigenvalue weighted by molar-refractivity contribution is -0.149. The molecule has 0 aromatic carbocycles. The number of hydrogen-bond acceptors (Lipinski definition) is 5. The van der Waals surface area contributed by atoms with Crippen LogP contribution in [0.2, 0.25) is 0 Å². The maximum absolute atomic E-state index is 12.0. The number of nitrogens with zero attached hydrogens (tertiary/aromatic N) is 2. The first-order chi connectivity index (χ1) is 10.1. The van der Waals surface area contributed by atoms with Gasteiger partial charge in [0.1, 0.15) is 5.54 Å². The maximum Gasteiger partial charge on any atom is 0.325 e. The summed E-state index contributed by atoms with van der Waals surface area (Å²) in [5.74, 6) is -0.233. The number of carbonyl (C=O) groups is 1. The molecule has 5 heteroatoms. The molecule has 1 aliphatic carbocycles. The first kappa shape index (κ1) is 15.3. The molecule has 3 unspecified atom stereocenters. The number of hydrogen-bond donors (Lipinski definition) is 1. The van der Waals surface area contributed by atoms with Crippen molar-refractivity contribution < 1.29 is 9.53 Å². The molecule has 2 heterocycles. The lowest BCUT2D eigenvalue weighted by atomic mass is 9.78. The van der Waals surface area contributed by atoms with Gasteiger partial charge in [-0.05, 0) is 45.1 Å². The molecular weight excluding hydrogens is 266 g/mol. The van der Waals surface area contributed by atoms with Gasteiger partial charge in [0.15, 0.2) is 0 Å². The summed E-state index contributed by atoms with van der Waals surface area (Å²) in [6.07, 6.45) is 7.76. The fourth-order valence-electron chi connectivity index (χ4n) is 4.49. The average Bonchev–Trinajstić information content (AvgIpc) is 2.53. The van der Waals surface area contributed by atoms with E-state index in [1.807, 2.05) is 0 Å². The molecule has 2 N–H and O–H groups in total. The zero-order valence-corrected chi connectivity index (χ0v) is 13.2. The third-order valence-electron chi connectivity index (χ3n) is 5.74. The van der Waals surface area contributed by atoms with Crippen molar-refractivity contribution in [3.05, 3.63) is 0 Å². The second-order valence-corrected chi connectivity index (χ2v) is 7.08. The molecule has 2 saturated heterocycles. The van der Waals surface area contributed by atoms with Crippen LogP contribution in [0, 0.1) is 0 Å². The monoisotopic (exact) mass is 295 g/mol. The predicted octanol–water partition coefficient (Wildman–Crippen LogP) is 0.970. The molecule has 1 saturated carbocycles. The Morgan fingerprint density at radius 3 is 2.67 bits per heavy atom. The number of carbonyl (C=O) groups excluding carboxylic acids is 1. The molecule has 0 radical (unpaired) electrons. The summed E-state index contributed by atoms with van der Waals surface area (Å²) in [7, 11) is 1.45. The molecule has 3 aliphatic rings. The van der Waals surface area contributed by atoms with E-state index in [0.717, 1.165) is 38.4 Å². The Bertz CT molecular complexity index is 390. The molecule has 0 aromatic heterocycles. The molecule has 21 heavy (non-hydrogen) atoms. The molecule has 2 aliphatic heterocycles. The average molecular weight is 295 g/mol. The van der Waals surface area contributed by atoms with Gasteiger partial charge in [0.05, 0.1) is 7.11 Å². The highest BCUT2D eigenvalue weighted by molar-refractivity contribution is 5.80. The van der Waals surface area contributed by atoms with Gasteiger partial charge in [-0.3, -0.25) is 14.6 Å². The van der Waals surface area contributed by atoms with Gasteiger partial charge in [0.2, 0.25) is 0 Å². The molecule has 0 aromatic rings. The second-order valence-electron chi connectivity index (χ2n) is 7.08. The van der Waals surface area contributed by atoms with Crippen LogP contribution < -0.4 is 5.73 Å². The van der Waals surface area contributed by atoms with Crippen molar-refractivity contribution in [1.29, 1.82) is 0 Å². The Labute approximate surface area is 127 Å². The van der Waals surface area contributed by atoms with E-state index in [-0.39, 0.29) is 5.97 Å². The second kappa shape index (κ2) is 6.23. The van der Waals surface area contributed by atoms with Crippen molar-refractivity contribution in [2.45, 2.75) is 62.6 Å². The van der Waals surface area contributed by atoms with Crippen molar-refractivity contribution in [1.82, 2.24) is 9.80 Å². The normalized spacial score (nSPS) is 38.8. The lowest BCUT2D eigenvalue weighted by Gasteiger charge is -2.49. The minimum atomic E-state index is -0.763. The molecule has 3 rings (SSSR count). The number of piperidine rings is 1. The van der Waals surface area contributed by atoms with E-state index in [4.69, 9.17) is 10.5 Å². The fourth-order valence-corrected chi connectivity index (χ4v) is 4.49. The van der Waals surface area contributed by atoms with Crippen LogP contribution in [-0.4, -0.2) is 66.7 Å². The van der Waals surface area contributed by atoms with Crippen LogP contribution >= 0.6 is 0 Å². The SMILES string of the molecule is COC(=O)C1(N)CCCC(N2CCN3CCCCC3C2)C1. The fraction of sp³-hybridized carbons (Fsp3) is 0.938. The van der Waals surface area contributed by atoms with Gasteiger partial charge in [0, 0.05) is 31.7 Å². The summed E-state index contributed by atoms with van der Waals surface area (Å²) in [6.45, 7) is 4.73. The summed E-state index contributed by atoms with van der Waals surface area (Å²) in [5.41, 5.74) is 5.57. The quantitative estimate of drug-likeness (QED) is 0.769. The molecule has 0 bridgehead atoms. The first-order valence-electron chi connectivity index (χ1n) is 8.48. The summed E-state index contributed by atoms with van der Waals surface area (Å²) >= 11 is 0. The van der Waals surface area contributed by atoms with Gasteiger partial charge in [0.25, 0.3) is 0 Å². The number of methoxy groups -OCH3 is 1. The van der Waals surface area contributed by atoms with Crippen LogP contribution in [0.1, 0.15) is 44.9 Å². The zero-order valence-electron chi connectivity index (χ0n) is 13.2. The third-order valence-corrected chi connectivity index (χ3v) is 5.74. The molecule has 0 amide bonds. The zero-order chi connectivity index (χ0) is 14.9. The van der Waals surface area contributed by atoms with Gasteiger partial charge in [-0.2, -0.15) is 0 Å².